The van der Waals surface area contributed by atoms with Gasteiger partial charge in [-0.1, -0.05) is 46.8 Å². The molecule has 0 radical (unpaired) electrons. The Balaban J connectivity index is 4.18. The molecule has 0 aromatic carbocycles. The first kappa shape index (κ1) is 12.7. The lowest BCUT2D eigenvalue weighted by Crippen LogP contribution is -2.31. The van der Waals surface area contributed by atoms with E-state index in [2.05, 4.69) is 33.8 Å². The van der Waals surface area contributed by atoms with E-state index < -0.39 is 5.60 Å². The van der Waals surface area contributed by atoms with Gasteiger partial charge >= 0.3 is 0 Å². The Morgan fingerprint density at radius 3 is 2.08 bits per heavy atom. The van der Waals surface area contributed by atoms with Crippen LogP contribution in [0.4, 0.5) is 0 Å². The minimum atomic E-state index is -0.602. The topological polar surface area (TPSA) is 20.2 Å². The molecule has 0 aromatic heterocycles. The normalized spacial score (nSPS) is 17.2. The minimum absolute atomic E-state index is 0.293. The molecule has 0 saturated carbocycles. The Morgan fingerprint density at radius 1 is 1.23 bits per heavy atom. The summed E-state index contributed by atoms with van der Waals surface area (Å²) in [6.07, 6.45) is 5.92. The zero-order valence-corrected chi connectivity index (χ0v) is 9.67. The molecule has 1 unspecified atom stereocenters. The monoisotopic (exact) mass is 184 g/mol. The Kier molecular flexibility index (Phi) is 5.31. The molecular formula is C12H24O. The molecule has 0 bridgehead atoms. The first-order chi connectivity index (χ1) is 5.92. The fraction of sp³-hybridized carbons (Fsp3) is 0.833. The molecule has 78 valence electrons. The Morgan fingerprint density at radius 2 is 1.77 bits per heavy atom. The van der Waals surface area contributed by atoms with E-state index in [1.807, 2.05) is 13.0 Å². The van der Waals surface area contributed by atoms with Gasteiger partial charge in [-0.25, -0.2) is 0 Å². The summed E-state index contributed by atoms with van der Waals surface area (Å²) in [6, 6.07) is 0. The van der Waals surface area contributed by atoms with E-state index >= 15 is 0 Å². The van der Waals surface area contributed by atoms with Crippen LogP contribution in [0.3, 0.4) is 0 Å². The second-order valence-corrected chi connectivity index (χ2v) is 4.53. The van der Waals surface area contributed by atoms with E-state index in [0.717, 1.165) is 12.8 Å². The van der Waals surface area contributed by atoms with Crippen LogP contribution in [0.25, 0.3) is 0 Å². The standard InChI is InChI=1S/C12H24O/c1-6-12(13,11(4)5)9-7-8-10(2)3/h7,9-11,13H,6,8H2,1-5H3/b9-7-. The second kappa shape index (κ2) is 5.43. The van der Waals surface area contributed by atoms with E-state index in [4.69, 9.17) is 0 Å². The smallest absolute Gasteiger partial charge is 0.0847 e. The van der Waals surface area contributed by atoms with Gasteiger partial charge in [0.1, 0.15) is 0 Å². The molecule has 0 aliphatic heterocycles. The van der Waals surface area contributed by atoms with Crippen LogP contribution in [0.1, 0.15) is 47.5 Å². The van der Waals surface area contributed by atoms with Gasteiger partial charge in [0.25, 0.3) is 0 Å². The predicted octanol–water partition coefficient (Wildman–Crippen LogP) is 3.39. The highest BCUT2D eigenvalue weighted by Gasteiger charge is 2.24. The molecule has 0 fully saturated rings. The van der Waals surface area contributed by atoms with Crippen LogP contribution in [-0.4, -0.2) is 10.7 Å². The summed E-state index contributed by atoms with van der Waals surface area (Å²) in [5.41, 5.74) is -0.602. The average Bonchev–Trinajstić information content (AvgIpc) is 2.03. The molecule has 1 atom stereocenters. The zero-order valence-electron chi connectivity index (χ0n) is 9.67. The fourth-order valence-electron chi connectivity index (χ4n) is 1.26. The Labute approximate surface area is 82.9 Å². The molecule has 1 nitrogen and oxygen atoms in total. The van der Waals surface area contributed by atoms with Gasteiger partial charge in [0.05, 0.1) is 5.60 Å². The summed E-state index contributed by atoms with van der Waals surface area (Å²) in [5, 5.41) is 10.1. The van der Waals surface area contributed by atoms with Crippen LogP contribution in [0, 0.1) is 11.8 Å². The van der Waals surface area contributed by atoms with Crippen molar-refractivity contribution in [2.24, 2.45) is 11.8 Å². The molecule has 0 amide bonds. The maximum Gasteiger partial charge on any atom is 0.0847 e. The minimum Gasteiger partial charge on any atom is -0.386 e. The van der Waals surface area contributed by atoms with Crippen LogP contribution in [0.15, 0.2) is 12.2 Å². The van der Waals surface area contributed by atoms with E-state index in [-0.39, 0.29) is 0 Å². The highest BCUT2D eigenvalue weighted by molar-refractivity contribution is 5.02. The van der Waals surface area contributed by atoms with Gasteiger partial charge < -0.3 is 5.11 Å². The van der Waals surface area contributed by atoms with Crippen molar-refractivity contribution in [3.05, 3.63) is 12.2 Å². The van der Waals surface area contributed by atoms with Crippen LogP contribution in [-0.2, 0) is 0 Å². The third kappa shape index (κ3) is 4.47. The molecule has 0 spiro atoms. The quantitative estimate of drug-likeness (QED) is 0.649. The molecule has 1 heteroatoms. The molecule has 1 N–H and O–H groups in total. The van der Waals surface area contributed by atoms with Gasteiger partial charge in [-0.2, -0.15) is 0 Å². The van der Waals surface area contributed by atoms with Crippen molar-refractivity contribution in [1.82, 2.24) is 0 Å². The number of aliphatic hydroxyl groups is 1. The maximum absolute atomic E-state index is 10.1. The summed E-state index contributed by atoms with van der Waals surface area (Å²) < 4.78 is 0. The summed E-state index contributed by atoms with van der Waals surface area (Å²) >= 11 is 0. The second-order valence-electron chi connectivity index (χ2n) is 4.53. The van der Waals surface area contributed by atoms with Gasteiger partial charge in [-0.15, -0.1) is 0 Å². The van der Waals surface area contributed by atoms with Gasteiger partial charge in [-0.3, -0.25) is 0 Å². The van der Waals surface area contributed by atoms with Gasteiger partial charge in [0, 0.05) is 0 Å². The summed E-state index contributed by atoms with van der Waals surface area (Å²) in [6.45, 7) is 10.5. The van der Waals surface area contributed by atoms with E-state index in [1.165, 1.54) is 0 Å². The van der Waals surface area contributed by atoms with Gasteiger partial charge in [-0.05, 0) is 24.7 Å². The first-order valence-corrected chi connectivity index (χ1v) is 5.32. The predicted molar refractivity (Wildman–Crippen MR) is 58.7 cm³/mol. The van der Waals surface area contributed by atoms with Crippen molar-refractivity contribution >= 4 is 0 Å². The van der Waals surface area contributed by atoms with Crippen molar-refractivity contribution in [2.75, 3.05) is 0 Å². The average molecular weight is 184 g/mol. The van der Waals surface area contributed by atoms with Crippen LogP contribution in [0.2, 0.25) is 0 Å². The fourth-order valence-corrected chi connectivity index (χ4v) is 1.26. The Hall–Kier alpha value is -0.300. The molecule has 0 rings (SSSR count). The maximum atomic E-state index is 10.1. The number of hydrogen-bond acceptors (Lipinski definition) is 1. The lowest BCUT2D eigenvalue weighted by Gasteiger charge is -2.27. The van der Waals surface area contributed by atoms with Crippen LogP contribution < -0.4 is 0 Å². The Bertz CT molecular complexity index is 159. The molecule has 0 heterocycles. The lowest BCUT2D eigenvalue weighted by molar-refractivity contribution is 0.0392. The highest BCUT2D eigenvalue weighted by atomic mass is 16.3. The van der Waals surface area contributed by atoms with Crippen LogP contribution in [0.5, 0.6) is 0 Å². The van der Waals surface area contributed by atoms with Gasteiger partial charge in [0.15, 0.2) is 0 Å². The lowest BCUT2D eigenvalue weighted by atomic mass is 9.87. The van der Waals surface area contributed by atoms with Crippen LogP contribution >= 0.6 is 0 Å². The third-order valence-electron chi connectivity index (χ3n) is 2.58. The van der Waals surface area contributed by atoms with E-state index in [0.29, 0.717) is 11.8 Å². The van der Waals surface area contributed by atoms with E-state index in [1.54, 1.807) is 0 Å². The van der Waals surface area contributed by atoms with Gasteiger partial charge in [0.2, 0.25) is 0 Å². The summed E-state index contributed by atoms with van der Waals surface area (Å²) in [5.74, 6) is 0.963. The molecule has 0 aliphatic carbocycles. The number of hydrogen-bond donors (Lipinski definition) is 1. The summed E-state index contributed by atoms with van der Waals surface area (Å²) in [7, 11) is 0. The van der Waals surface area contributed by atoms with Crippen molar-refractivity contribution in [2.45, 2.75) is 53.1 Å². The summed E-state index contributed by atoms with van der Waals surface area (Å²) in [4.78, 5) is 0. The highest BCUT2D eigenvalue weighted by Crippen LogP contribution is 2.22. The molecule has 13 heavy (non-hydrogen) atoms. The molecule has 0 saturated heterocycles. The third-order valence-corrected chi connectivity index (χ3v) is 2.58. The first-order valence-electron chi connectivity index (χ1n) is 5.32. The molecule has 0 aliphatic rings. The largest absolute Gasteiger partial charge is 0.386 e. The molecule has 0 aromatic rings. The van der Waals surface area contributed by atoms with Crippen molar-refractivity contribution in [3.8, 4) is 0 Å². The van der Waals surface area contributed by atoms with Crippen molar-refractivity contribution < 1.29 is 5.11 Å². The van der Waals surface area contributed by atoms with Crippen molar-refractivity contribution in [3.63, 3.8) is 0 Å². The zero-order chi connectivity index (χ0) is 10.5. The number of allylic oxidation sites excluding steroid dienone is 1. The number of rotatable bonds is 5. The molecular weight excluding hydrogens is 160 g/mol. The van der Waals surface area contributed by atoms with Crippen molar-refractivity contribution in [1.29, 1.82) is 0 Å². The van der Waals surface area contributed by atoms with E-state index in [9.17, 15) is 5.11 Å². The SMILES string of the molecule is CCC(O)(/C=C\CC(C)C)C(C)C.